The second-order valence-corrected chi connectivity index (χ2v) is 12.1. The predicted molar refractivity (Wildman–Crippen MR) is 200 cm³/mol. The van der Waals surface area contributed by atoms with E-state index in [4.69, 9.17) is 0 Å². The van der Waals surface area contributed by atoms with Crippen LogP contribution >= 0.6 is 0 Å². The Labute approximate surface area is 289 Å². The number of nitrogens with one attached hydrogen (secondary N) is 2. The van der Waals surface area contributed by atoms with E-state index >= 15 is 0 Å². The number of benzene rings is 4. The topological polar surface area (TPSA) is 64.7 Å². The molecular weight excluding hydrogens is 592 g/mol. The van der Waals surface area contributed by atoms with Crippen LogP contribution in [0.3, 0.4) is 0 Å². The Hall–Kier alpha value is -3.94. The van der Waals surface area contributed by atoms with Crippen molar-refractivity contribution in [2.24, 2.45) is 0 Å². The van der Waals surface area contributed by atoms with Crippen LogP contribution in [0.5, 0.6) is 0 Å². The molecule has 2 saturated heterocycles. The Morgan fingerprint density at radius 1 is 0.417 bits per heavy atom. The quantitative estimate of drug-likeness (QED) is 0.188. The van der Waals surface area contributed by atoms with E-state index in [1.54, 1.807) is 0 Å². The van der Waals surface area contributed by atoms with E-state index in [1.807, 2.05) is 24.3 Å². The van der Waals surface area contributed by atoms with Gasteiger partial charge < -0.3 is 20.4 Å². The number of carbonyl (C=O) groups is 2. The van der Waals surface area contributed by atoms with Crippen molar-refractivity contribution in [3.8, 4) is 0 Å². The maximum Gasteiger partial charge on any atom is 0.135 e. The average Bonchev–Trinajstić information content (AvgIpc) is 3.15. The zero-order chi connectivity index (χ0) is 34.1. The van der Waals surface area contributed by atoms with Crippen molar-refractivity contribution in [2.45, 2.75) is 65.7 Å². The van der Waals surface area contributed by atoms with Gasteiger partial charge in [0.1, 0.15) is 11.6 Å². The van der Waals surface area contributed by atoms with E-state index in [2.05, 4.69) is 131 Å². The van der Waals surface area contributed by atoms with Crippen molar-refractivity contribution < 1.29 is 9.59 Å². The Bertz CT molecular complexity index is 1180. The van der Waals surface area contributed by atoms with E-state index in [0.717, 1.165) is 91.1 Å². The number of piperidine rings is 2. The fourth-order valence-corrected chi connectivity index (χ4v) is 5.32. The highest BCUT2D eigenvalue weighted by molar-refractivity contribution is 5.79. The van der Waals surface area contributed by atoms with Crippen molar-refractivity contribution in [2.75, 3.05) is 39.3 Å². The van der Waals surface area contributed by atoms with Crippen molar-refractivity contribution in [1.82, 2.24) is 20.4 Å². The van der Waals surface area contributed by atoms with Gasteiger partial charge in [-0.1, -0.05) is 135 Å². The van der Waals surface area contributed by atoms with E-state index in [1.165, 1.54) is 22.3 Å². The summed E-state index contributed by atoms with van der Waals surface area (Å²) in [4.78, 5) is 26.0. The lowest BCUT2D eigenvalue weighted by molar-refractivity contribution is -0.122. The highest BCUT2D eigenvalue weighted by Crippen LogP contribution is 2.05. The molecule has 6 nitrogen and oxygen atoms in total. The standard InChI is InChI=1S/2C14H15N.2C7H13NO/c2*1-3-7-13(8-4-1)11-15-12-14-9-5-2-6-10-14;2*1-2-8-5-3-7(9)4-6-8/h2*1-10,15H,11-12H2;2*2-6H2,1H3. The second kappa shape index (κ2) is 24.2. The van der Waals surface area contributed by atoms with Gasteiger partial charge in [-0.05, 0) is 35.3 Å². The van der Waals surface area contributed by atoms with Crippen molar-refractivity contribution in [1.29, 1.82) is 0 Å². The molecule has 2 aliphatic rings. The number of hydrogen-bond acceptors (Lipinski definition) is 6. The fraction of sp³-hybridized carbons (Fsp3) is 0.381. The van der Waals surface area contributed by atoms with Gasteiger partial charge in [0, 0.05) is 78.0 Å². The summed E-state index contributed by atoms with van der Waals surface area (Å²) in [6.07, 6.45) is 3.09. The molecule has 0 saturated carbocycles. The molecule has 0 bridgehead atoms. The molecule has 2 heterocycles. The fourth-order valence-electron chi connectivity index (χ4n) is 5.32. The van der Waals surface area contributed by atoms with Gasteiger partial charge in [-0.15, -0.1) is 0 Å². The maximum atomic E-state index is 10.7. The van der Waals surface area contributed by atoms with Gasteiger partial charge in [0.2, 0.25) is 0 Å². The van der Waals surface area contributed by atoms with Crippen LogP contribution < -0.4 is 10.6 Å². The minimum Gasteiger partial charge on any atom is -0.309 e. The zero-order valence-electron chi connectivity index (χ0n) is 29.2. The van der Waals surface area contributed by atoms with Crippen LogP contribution in [0.4, 0.5) is 0 Å². The Morgan fingerprint density at radius 3 is 0.854 bits per heavy atom. The lowest BCUT2D eigenvalue weighted by Gasteiger charge is -2.23. The Balaban J connectivity index is 0.000000179. The SMILES string of the molecule is CCN1CCC(=O)CC1.CCN1CCC(=O)CC1.c1ccc(CNCc2ccccc2)cc1.c1ccc(CNCc2ccccc2)cc1. The van der Waals surface area contributed by atoms with Gasteiger partial charge in [0.05, 0.1) is 0 Å². The first kappa shape index (κ1) is 38.5. The van der Waals surface area contributed by atoms with Crippen LogP contribution in [0.1, 0.15) is 61.8 Å². The Kier molecular flexibility index (Phi) is 19.4. The maximum absolute atomic E-state index is 10.7. The van der Waals surface area contributed by atoms with E-state index in [0.29, 0.717) is 11.6 Å². The molecule has 0 atom stereocenters. The van der Waals surface area contributed by atoms with Crippen LogP contribution in [0.2, 0.25) is 0 Å². The molecule has 0 amide bonds. The summed E-state index contributed by atoms with van der Waals surface area (Å²) in [5, 5.41) is 6.84. The molecule has 0 aliphatic carbocycles. The first-order valence-corrected chi connectivity index (χ1v) is 17.6. The van der Waals surface area contributed by atoms with Gasteiger partial charge in [0.15, 0.2) is 0 Å². The van der Waals surface area contributed by atoms with Crippen molar-refractivity contribution in [3.05, 3.63) is 144 Å². The van der Waals surface area contributed by atoms with Gasteiger partial charge >= 0.3 is 0 Å². The van der Waals surface area contributed by atoms with E-state index in [-0.39, 0.29) is 0 Å². The minimum absolute atomic E-state index is 0.430. The summed E-state index contributed by atoms with van der Waals surface area (Å²) >= 11 is 0. The molecule has 0 unspecified atom stereocenters. The molecule has 0 radical (unpaired) electrons. The lowest BCUT2D eigenvalue weighted by atomic mass is 10.1. The number of rotatable bonds is 10. The highest BCUT2D eigenvalue weighted by Gasteiger charge is 2.14. The highest BCUT2D eigenvalue weighted by atomic mass is 16.1. The zero-order valence-corrected chi connectivity index (χ0v) is 29.2. The van der Waals surface area contributed by atoms with Crippen molar-refractivity contribution in [3.63, 3.8) is 0 Å². The van der Waals surface area contributed by atoms with Crippen LogP contribution in [-0.2, 0) is 35.8 Å². The first-order chi connectivity index (χ1) is 23.6. The number of hydrogen-bond donors (Lipinski definition) is 2. The molecule has 4 aromatic rings. The van der Waals surface area contributed by atoms with Crippen molar-refractivity contribution >= 4 is 11.6 Å². The van der Waals surface area contributed by atoms with Gasteiger partial charge in [-0.2, -0.15) is 0 Å². The minimum atomic E-state index is 0.430. The van der Waals surface area contributed by atoms with Gasteiger partial charge in [-0.25, -0.2) is 0 Å². The summed E-state index contributed by atoms with van der Waals surface area (Å²) < 4.78 is 0. The van der Waals surface area contributed by atoms with Gasteiger partial charge in [0.25, 0.3) is 0 Å². The number of likely N-dealkylation sites (tertiary alicyclic amines) is 2. The molecule has 0 spiro atoms. The number of ketones is 2. The van der Waals surface area contributed by atoms with Gasteiger partial charge in [-0.3, -0.25) is 9.59 Å². The third-order valence-corrected chi connectivity index (χ3v) is 8.41. The molecule has 0 aromatic heterocycles. The molecule has 2 aliphatic heterocycles. The van der Waals surface area contributed by atoms with E-state index in [9.17, 15) is 9.59 Å². The normalized spacial score (nSPS) is 14.8. The number of carbonyl (C=O) groups excluding carboxylic acids is 2. The third kappa shape index (κ3) is 17.3. The van der Waals surface area contributed by atoms with Crippen LogP contribution in [0.15, 0.2) is 121 Å². The molecule has 2 N–H and O–H groups in total. The molecule has 4 aromatic carbocycles. The third-order valence-electron chi connectivity index (χ3n) is 8.41. The molecule has 2 fully saturated rings. The van der Waals surface area contributed by atoms with E-state index < -0.39 is 0 Å². The summed E-state index contributed by atoms with van der Waals surface area (Å²) in [7, 11) is 0. The average molecular weight is 649 g/mol. The smallest absolute Gasteiger partial charge is 0.135 e. The molecular formula is C42H56N4O2. The largest absolute Gasteiger partial charge is 0.309 e. The Morgan fingerprint density at radius 2 is 0.646 bits per heavy atom. The monoisotopic (exact) mass is 648 g/mol. The molecule has 6 heteroatoms. The van der Waals surface area contributed by atoms with Crippen LogP contribution in [0, 0.1) is 0 Å². The second-order valence-electron chi connectivity index (χ2n) is 12.1. The van der Waals surface area contributed by atoms with Crippen LogP contribution in [0.25, 0.3) is 0 Å². The molecule has 48 heavy (non-hydrogen) atoms. The summed E-state index contributed by atoms with van der Waals surface area (Å²) in [5.74, 6) is 0.861. The predicted octanol–water partition coefficient (Wildman–Crippen LogP) is 7.30. The lowest BCUT2D eigenvalue weighted by Crippen LogP contribution is -2.33. The summed E-state index contributed by atoms with van der Waals surface area (Å²) in [6, 6.07) is 41.8. The number of Topliss-reactive ketones (excluding diaryl/α,β-unsaturated/α-hetero) is 2. The van der Waals surface area contributed by atoms with Crippen LogP contribution in [-0.4, -0.2) is 60.6 Å². The molecule has 6 rings (SSSR count). The summed E-state index contributed by atoms with van der Waals surface area (Å²) in [5.41, 5.74) is 5.31. The molecule has 256 valence electrons. The number of nitrogens with zero attached hydrogens (tertiary/aromatic N) is 2. The summed E-state index contributed by atoms with van der Waals surface area (Å²) in [6.45, 7) is 14.1. The first-order valence-electron chi connectivity index (χ1n) is 17.6.